The van der Waals surface area contributed by atoms with Crippen molar-refractivity contribution in [1.82, 2.24) is 0 Å². The molecule has 0 unspecified atom stereocenters. The predicted octanol–water partition coefficient (Wildman–Crippen LogP) is 7.89. The number of hydrogen-bond donors (Lipinski definition) is 2. The average Bonchev–Trinajstić information content (AvgIpc) is 3.38. The summed E-state index contributed by atoms with van der Waals surface area (Å²) in [5, 5.41) is 0. The Kier molecular flexibility index (Phi) is 7.81. The Balaban J connectivity index is 1.32. The van der Waals surface area contributed by atoms with Crippen molar-refractivity contribution in [3.63, 3.8) is 0 Å². The molecule has 4 nitrogen and oxygen atoms in total. The Morgan fingerprint density at radius 1 is 0.895 bits per heavy atom. The highest BCUT2D eigenvalue weighted by Crippen LogP contribution is 2.33. The first kappa shape index (κ1) is 25.6. The Bertz CT molecular complexity index is 1470. The van der Waals surface area contributed by atoms with Crippen molar-refractivity contribution in [2.75, 3.05) is 5.73 Å². The van der Waals surface area contributed by atoms with Gasteiger partial charge in [0.1, 0.15) is 0 Å². The molecule has 1 aliphatic heterocycles. The molecule has 0 amide bonds. The zero-order chi connectivity index (χ0) is 26.5. The van der Waals surface area contributed by atoms with Crippen LogP contribution in [0, 0.1) is 6.92 Å². The second-order valence-corrected chi connectivity index (χ2v) is 10.1. The second kappa shape index (κ2) is 11.6. The van der Waals surface area contributed by atoms with Crippen LogP contribution in [-0.4, -0.2) is 11.4 Å². The topological polar surface area (TPSA) is 76.8 Å². The highest BCUT2D eigenvalue weighted by atomic mass is 14.8. The normalized spacial score (nSPS) is 12.9. The molecule has 0 saturated carbocycles. The smallest absolute Gasteiger partial charge is 0.0887 e. The molecule has 0 saturated heterocycles. The summed E-state index contributed by atoms with van der Waals surface area (Å²) < 4.78 is 0. The first-order chi connectivity index (χ1) is 18.6. The van der Waals surface area contributed by atoms with Crippen molar-refractivity contribution in [3.8, 4) is 11.1 Å². The summed E-state index contributed by atoms with van der Waals surface area (Å²) in [6.07, 6.45) is 4.72. The SMILES string of the molecule is CCC/C(CCc1ccc(-c2ccccc2CN)cc1)=N/c1c(C)cc(C2=Nc3ccccc3C2)cc1N. The lowest BCUT2D eigenvalue weighted by Crippen LogP contribution is -2.04. The van der Waals surface area contributed by atoms with Crippen molar-refractivity contribution in [3.05, 3.63) is 113 Å². The first-order valence-electron chi connectivity index (χ1n) is 13.6. The highest BCUT2D eigenvalue weighted by molar-refractivity contribution is 6.07. The molecule has 192 valence electrons. The van der Waals surface area contributed by atoms with Gasteiger partial charge in [0.25, 0.3) is 0 Å². The maximum absolute atomic E-state index is 6.57. The Hall–Kier alpha value is -4.02. The molecule has 0 radical (unpaired) electrons. The largest absolute Gasteiger partial charge is 0.397 e. The molecule has 0 atom stereocenters. The van der Waals surface area contributed by atoms with Gasteiger partial charge in [-0.3, -0.25) is 9.98 Å². The summed E-state index contributed by atoms with van der Waals surface area (Å²) >= 11 is 0. The Morgan fingerprint density at radius 3 is 2.39 bits per heavy atom. The number of aryl methyl sites for hydroxylation is 2. The minimum absolute atomic E-state index is 0.542. The van der Waals surface area contributed by atoms with Gasteiger partial charge in [0.2, 0.25) is 0 Å². The van der Waals surface area contributed by atoms with Gasteiger partial charge in [-0.05, 0) is 83.3 Å². The van der Waals surface area contributed by atoms with Gasteiger partial charge in [0.05, 0.1) is 22.8 Å². The molecule has 38 heavy (non-hydrogen) atoms. The van der Waals surface area contributed by atoms with Gasteiger partial charge in [-0.25, -0.2) is 0 Å². The summed E-state index contributed by atoms with van der Waals surface area (Å²) in [5.41, 5.74) is 25.8. The van der Waals surface area contributed by atoms with E-state index >= 15 is 0 Å². The lowest BCUT2D eigenvalue weighted by molar-refractivity contribution is 0.931. The van der Waals surface area contributed by atoms with Crippen molar-refractivity contribution >= 4 is 28.5 Å². The molecule has 0 bridgehead atoms. The second-order valence-electron chi connectivity index (χ2n) is 10.1. The van der Waals surface area contributed by atoms with Crippen LogP contribution in [0.25, 0.3) is 11.1 Å². The van der Waals surface area contributed by atoms with Crippen LogP contribution in [0.15, 0.2) is 94.9 Å². The van der Waals surface area contributed by atoms with E-state index in [1.54, 1.807) is 0 Å². The molecule has 0 spiro atoms. The fourth-order valence-corrected chi connectivity index (χ4v) is 5.23. The molecule has 1 aliphatic rings. The molecule has 4 aromatic carbocycles. The lowest BCUT2D eigenvalue weighted by Gasteiger charge is -2.12. The standard InChI is InChI=1S/C34H36N4/c1-3-8-29(18-15-24-13-16-25(17-14-24)30-11-6-4-10-27(30)22-35)37-34-23(2)19-28(20-31(34)36)33-21-26-9-5-7-12-32(26)38-33/h4-7,9-14,16-17,19-20H,3,8,15,18,21-22,35-36H2,1-2H3/b37-29-. The minimum atomic E-state index is 0.542. The molecular formula is C34H36N4. The van der Waals surface area contributed by atoms with Gasteiger partial charge in [-0.15, -0.1) is 0 Å². The molecule has 0 aliphatic carbocycles. The summed E-state index contributed by atoms with van der Waals surface area (Å²) in [6.45, 7) is 4.84. The molecule has 1 heterocycles. The van der Waals surface area contributed by atoms with E-state index in [9.17, 15) is 0 Å². The highest BCUT2D eigenvalue weighted by Gasteiger charge is 2.17. The number of fused-ring (bicyclic) bond motifs is 1. The van der Waals surface area contributed by atoms with Crippen LogP contribution in [-0.2, 0) is 19.4 Å². The van der Waals surface area contributed by atoms with Crippen LogP contribution in [0.4, 0.5) is 17.1 Å². The maximum atomic E-state index is 6.57. The Morgan fingerprint density at radius 2 is 1.66 bits per heavy atom. The summed E-state index contributed by atoms with van der Waals surface area (Å²) in [4.78, 5) is 9.94. The van der Waals surface area contributed by atoms with E-state index in [0.717, 1.165) is 66.0 Å². The molecular weight excluding hydrogens is 464 g/mol. The van der Waals surface area contributed by atoms with Crippen LogP contribution in [0.3, 0.4) is 0 Å². The van der Waals surface area contributed by atoms with E-state index in [2.05, 4.69) is 80.6 Å². The quantitative estimate of drug-likeness (QED) is 0.181. The lowest BCUT2D eigenvalue weighted by atomic mass is 9.97. The van der Waals surface area contributed by atoms with Crippen LogP contribution in [0.1, 0.15) is 54.0 Å². The third-order valence-corrected chi connectivity index (χ3v) is 7.28. The monoisotopic (exact) mass is 500 g/mol. The molecule has 4 heteroatoms. The number of aliphatic imine (C=N–C) groups is 2. The van der Waals surface area contributed by atoms with E-state index in [4.69, 9.17) is 21.5 Å². The van der Waals surface area contributed by atoms with Gasteiger partial charge < -0.3 is 11.5 Å². The summed E-state index contributed by atoms with van der Waals surface area (Å²) in [5.74, 6) is 0. The fourth-order valence-electron chi connectivity index (χ4n) is 5.23. The zero-order valence-corrected chi connectivity index (χ0v) is 22.4. The van der Waals surface area contributed by atoms with E-state index in [-0.39, 0.29) is 0 Å². The summed E-state index contributed by atoms with van der Waals surface area (Å²) in [6, 6.07) is 29.7. The number of rotatable bonds is 9. The van der Waals surface area contributed by atoms with E-state index in [1.807, 2.05) is 18.2 Å². The average molecular weight is 501 g/mol. The predicted molar refractivity (Wildman–Crippen MR) is 162 cm³/mol. The number of para-hydroxylation sites is 1. The molecule has 5 rings (SSSR count). The summed E-state index contributed by atoms with van der Waals surface area (Å²) in [7, 11) is 0. The molecule has 4 aromatic rings. The number of nitrogens with two attached hydrogens (primary N) is 2. The minimum Gasteiger partial charge on any atom is -0.397 e. The Labute approximate surface area is 226 Å². The van der Waals surface area contributed by atoms with Gasteiger partial charge in [-0.2, -0.15) is 0 Å². The van der Waals surface area contributed by atoms with Gasteiger partial charge >= 0.3 is 0 Å². The first-order valence-corrected chi connectivity index (χ1v) is 13.6. The number of hydrogen-bond acceptors (Lipinski definition) is 4. The van der Waals surface area contributed by atoms with Crippen LogP contribution in [0.2, 0.25) is 0 Å². The number of nitrogens with zero attached hydrogens (tertiary/aromatic N) is 2. The van der Waals surface area contributed by atoms with Crippen molar-refractivity contribution in [2.45, 2.75) is 52.5 Å². The molecule has 0 aromatic heterocycles. The van der Waals surface area contributed by atoms with E-state index in [1.165, 1.54) is 33.5 Å². The fraction of sp³-hybridized carbons (Fsp3) is 0.235. The van der Waals surface area contributed by atoms with Crippen LogP contribution >= 0.6 is 0 Å². The number of benzene rings is 4. The van der Waals surface area contributed by atoms with E-state index in [0.29, 0.717) is 6.54 Å². The maximum Gasteiger partial charge on any atom is 0.0887 e. The third-order valence-electron chi connectivity index (χ3n) is 7.28. The van der Waals surface area contributed by atoms with Crippen molar-refractivity contribution in [1.29, 1.82) is 0 Å². The van der Waals surface area contributed by atoms with Crippen molar-refractivity contribution < 1.29 is 0 Å². The van der Waals surface area contributed by atoms with Crippen LogP contribution < -0.4 is 11.5 Å². The van der Waals surface area contributed by atoms with Gasteiger partial charge in [-0.1, -0.05) is 80.1 Å². The van der Waals surface area contributed by atoms with Crippen molar-refractivity contribution in [2.24, 2.45) is 15.7 Å². The third kappa shape index (κ3) is 5.61. The van der Waals surface area contributed by atoms with Gasteiger partial charge in [0.15, 0.2) is 0 Å². The van der Waals surface area contributed by atoms with Gasteiger partial charge in [0, 0.05) is 18.7 Å². The van der Waals surface area contributed by atoms with E-state index < -0.39 is 0 Å². The zero-order valence-electron chi connectivity index (χ0n) is 22.4. The molecule has 4 N–H and O–H groups in total. The number of anilines is 1. The van der Waals surface area contributed by atoms with Crippen LogP contribution in [0.5, 0.6) is 0 Å². The number of nitrogen functional groups attached to an aromatic ring is 1. The molecule has 0 fully saturated rings.